The van der Waals surface area contributed by atoms with Crippen LogP contribution in [0.15, 0.2) is 6.07 Å². The van der Waals surface area contributed by atoms with Gasteiger partial charge in [-0.3, -0.25) is 0 Å². The maximum Gasteiger partial charge on any atom is 0.419 e. The average molecular weight is 312 g/mol. The van der Waals surface area contributed by atoms with E-state index >= 15 is 0 Å². The molecule has 2 nitrogen and oxygen atoms in total. The summed E-state index contributed by atoms with van der Waals surface area (Å²) in [5.41, 5.74) is -1.71. The van der Waals surface area contributed by atoms with Gasteiger partial charge in [0.05, 0.1) is 16.7 Å². The highest BCUT2D eigenvalue weighted by Gasteiger charge is 2.52. The molecular weight excluding hydrogens is 307 g/mol. The summed E-state index contributed by atoms with van der Waals surface area (Å²) in [6.07, 6.45) is -17.4. The van der Waals surface area contributed by atoms with Crippen molar-refractivity contribution in [1.29, 1.82) is 0 Å². The van der Waals surface area contributed by atoms with Crippen LogP contribution in [0.2, 0.25) is 0 Å². The standard InChI is InChI=1S/C9H5F9N2/c10-7(11,12)4-2(19)1-3(20)5(8(13,14)15)6(4)9(16,17)18/h1H,19-20H2. The van der Waals surface area contributed by atoms with Gasteiger partial charge in [0.15, 0.2) is 0 Å². The molecule has 0 aliphatic heterocycles. The van der Waals surface area contributed by atoms with E-state index < -0.39 is 46.6 Å². The molecule has 0 saturated carbocycles. The van der Waals surface area contributed by atoms with Crippen LogP contribution < -0.4 is 11.5 Å². The van der Waals surface area contributed by atoms with Crippen molar-refractivity contribution in [3.63, 3.8) is 0 Å². The van der Waals surface area contributed by atoms with E-state index in [4.69, 9.17) is 11.5 Å². The predicted molar refractivity (Wildman–Crippen MR) is 50.3 cm³/mol. The fourth-order valence-electron chi connectivity index (χ4n) is 1.62. The van der Waals surface area contributed by atoms with E-state index in [1.54, 1.807) is 0 Å². The van der Waals surface area contributed by atoms with Crippen molar-refractivity contribution in [1.82, 2.24) is 0 Å². The molecule has 0 saturated heterocycles. The van der Waals surface area contributed by atoms with Gasteiger partial charge in [0.2, 0.25) is 0 Å². The van der Waals surface area contributed by atoms with E-state index in [1.807, 2.05) is 0 Å². The molecule has 0 heterocycles. The summed E-state index contributed by atoms with van der Waals surface area (Å²) < 4.78 is 113. The maximum absolute atomic E-state index is 12.6. The minimum absolute atomic E-state index is 0.000880. The molecule has 1 rings (SSSR count). The van der Waals surface area contributed by atoms with Crippen LogP contribution in [0.4, 0.5) is 50.9 Å². The highest BCUT2D eigenvalue weighted by atomic mass is 19.4. The molecule has 0 aliphatic carbocycles. The first-order valence-electron chi connectivity index (χ1n) is 4.61. The van der Waals surface area contributed by atoms with Crippen LogP contribution in [-0.2, 0) is 18.5 Å². The Balaban J connectivity index is 3.97. The van der Waals surface area contributed by atoms with Crippen LogP contribution >= 0.6 is 0 Å². The maximum atomic E-state index is 12.6. The second-order valence-corrected chi connectivity index (χ2v) is 3.67. The lowest BCUT2D eigenvalue weighted by molar-refractivity contribution is -0.173. The number of rotatable bonds is 0. The van der Waals surface area contributed by atoms with Gasteiger partial charge in [0.25, 0.3) is 0 Å². The Hall–Kier alpha value is -1.81. The van der Waals surface area contributed by atoms with Gasteiger partial charge >= 0.3 is 18.5 Å². The average Bonchev–Trinajstić information content (AvgIpc) is 2.09. The first kappa shape index (κ1) is 16.2. The predicted octanol–water partition coefficient (Wildman–Crippen LogP) is 3.91. The summed E-state index contributed by atoms with van der Waals surface area (Å²) in [5.74, 6) is 0. The third kappa shape index (κ3) is 2.85. The Bertz CT molecular complexity index is 486. The van der Waals surface area contributed by atoms with E-state index in [0.29, 0.717) is 0 Å². The Morgan fingerprint density at radius 1 is 0.550 bits per heavy atom. The highest BCUT2D eigenvalue weighted by molar-refractivity contribution is 5.68. The minimum Gasteiger partial charge on any atom is -0.398 e. The number of alkyl halides is 9. The number of halogens is 9. The van der Waals surface area contributed by atoms with Gasteiger partial charge in [-0.2, -0.15) is 39.5 Å². The second-order valence-electron chi connectivity index (χ2n) is 3.67. The third-order valence-electron chi connectivity index (χ3n) is 2.24. The van der Waals surface area contributed by atoms with Gasteiger partial charge < -0.3 is 11.5 Å². The second kappa shape index (κ2) is 4.35. The van der Waals surface area contributed by atoms with Crippen LogP contribution in [0.3, 0.4) is 0 Å². The smallest absolute Gasteiger partial charge is 0.398 e. The molecule has 1 aromatic carbocycles. The van der Waals surface area contributed by atoms with Crippen molar-refractivity contribution in [3.8, 4) is 0 Å². The van der Waals surface area contributed by atoms with Gasteiger partial charge in [-0.05, 0) is 6.07 Å². The van der Waals surface area contributed by atoms with Gasteiger partial charge in [0.1, 0.15) is 0 Å². The summed E-state index contributed by atoms with van der Waals surface area (Å²) in [6.45, 7) is 0. The number of benzene rings is 1. The minimum atomic E-state index is -5.93. The van der Waals surface area contributed by atoms with Crippen LogP contribution in [0.25, 0.3) is 0 Å². The molecule has 114 valence electrons. The van der Waals surface area contributed by atoms with E-state index in [2.05, 4.69) is 0 Å². The number of hydrogen-bond donors (Lipinski definition) is 2. The van der Waals surface area contributed by atoms with Crippen molar-refractivity contribution in [2.75, 3.05) is 11.5 Å². The molecule has 20 heavy (non-hydrogen) atoms. The van der Waals surface area contributed by atoms with E-state index in [9.17, 15) is 39.5 Å². The molecule has 0 atom stereocenters. The van der Waals surface area contributed by atoms with E-state index in [0.717, 1.165) is 0 Å². The Morgan fingerprint density at radius 2 is 0.800 bits per heavy atom. The zero-order valence-corrected chi connectivity index (χ0v) is 9.13. The van der Waals surface area contributed by atoms with Crippen molar-refractivity contribution < 1.29 is 39.5 Å². The van der Waals surface area contributed by atoms with Gasteiger partial charge in [-0.1, -0.05) is 0 Å². The lowest BCUT2D eigenvalue weighted by Gasteiger charge is -2.23. The Kier molecular flexibility index (Phi) is 3.53. The van der Waals surface area contributed by atoms with Gasteiger partial charge in [-0.25, -0.2) is 0 Å². The third-order valence-corrected chi connectivity index (χ3v) is 2.24. The first-order valence-corrected chi connectivity index (χ1v) is 4.61. The molecular formula is C9H5F9N2. The van der Waals surface area contributed by atoms with Crippen molar-refractivity contribution in [2.24, 2.45) is 0 Å². The molecule has 0 unspecified atom stereocenters. The van der Waals surface area contributed by atoms with Crippen molar-refractivity contribution in [3.05, 3.63) is 22.8 Å². The largest absolute Gasteiger partial charge is 0.419 e. The van der Waals surface area contributed by atoms with Gasteiger partial charge in [-0.15, -0.1) is 0 Å². The lowest BCUT2D eigenvalue weighted by Crippen LogP contribution is -2.25. The van der Waals surface area contributed by atoms with Gasteiger partial charge in [0, 0.05) is 11.4 Å². The van der Waals surface area contributed by atoms with E-state index in [1.165, 1.54) is 0 Å². The van der Waals surface area contributed by atoms with Crippen LogP contribution in [0.5, 0.6) is 0 Å². The fraction of sp³-hybridized carbons (Fsp3) is 0.333. The summed E-state index contributed by atoms with van der Waals surface area (Å²) in [5, 5.41) is 0. The molecule has 0 bridgehead atoms. The molecule has 0 spiro atoms. The van der Waals surface area contributed by atoms with Crippen molar-refractivity contribution >= 4 is 11.4 Å². The van der Waals surface area contributed by atoms with E-state index in [-0.39, 0.29) is 6.07 Å². The van der Waals surface area contributed by atoms with Crippen molar-refractivity contribution in [2.45, 2.75) is 18.5 Å². The summed E-state index contributed by atoms with van der Waals surface area (Å²) in [6, 6.07) is 0.000880. The Labute approximate surface area is 105 Å². The molecule has 4 N–H and O–H groups in total. The quantitative estimate of drug-likeness (QED) is 0.564. The molecule has 0 fully saturated rings. The topological polar surface area (TPSA) is 52.0 Å². The first-order chi connectivity index (χ1) is 8.67. The molecule has 0 aromatic heterocycles. The monoisotopic (exact) mass is 312 g/mol. The molecule has 0 amide bonds. The number of nitrogen functional groups attached to an aromatic ring is 2. The van der Waals surface area contributed by atoms with Crippen LogP contribution in [0.1, 0.15) is 16.7 Å². The normalized spacial score (nSPS) is 13.7. The fourth-order valence-corrected chi connectivity index (χ4v) is 1.62. The summed E-state index contributed by atoms with van der Waals surface area (Å²) in [4.78, 5) is 0. The number of nitrogens with two attached hydrogens (primary N) is 2. The molecule has 1 aromatic rings. The Morgan fingerprint density at radius 3 is 1.00 bits per heavy atom. The molecule has 0 aliphatic rings. The van der Waals surface area contributed by atoms with Crippen LogP contribution in [0, 0.1) is 0 Å². The zero-order valence-electron chi connectivity index (χ0n) is 9.13. The number of hydrogen-bond acceptors (Lipinski definition) is 2. The van der Waals surface area contributed by atoms with Crippen LogP contribution in [-0.4, -0.2) is 0 Å². The SMILES string of the molecule is Nc1cc(N)c(C(F)(F)F)c(C(F)(F)F)c1C(F)(F)F. The highest BCUT2D eigenvalue weighted by Crippen LogP contribution is 2.50. The summed E-state index contributed by atoms with van der Waals surface area (Å²) >= 11 is 0. The summed E-state index contributed by atoms with van der Waals surface area (Å²) in [7, 11) is 0. The zero-order chi connectivity index (χ0) is 16.1. The number of anilines is 2. The lowest BCUT2D eigenvalue weighted by atomic mass is 9.96. The molecule has 0 radical (unpaired) electrons. The molecule has 11 heteroatoms.